The fourth-order valence-electron chi connectivity index (χ4n) is 2.61. The largest absolute Gasteiger partial charge is 0.462 e. The first-order chi connectivity index (χ1) is 14.3. The number of hydrogen-bond acceptors (Lipinski definition) is 7. The lowest BCUT2D eigenvalue weighted by Crippen LogP contribution is -2.39. The SMILES string of the molecule is CCOC(=O)c1sc(NC(=O)c2c[nH]c(=O)n(Cc3ccccc3F)c2=O)nc1C. The van der Waals surface area contributed by atoms with Crippen LogP contribution >= 0.6 is 11.3 Å². The van der Waals surface area contributed by atoms with Crippen LogP contribution in [0.5, 0.6) is 0 Å². The molecule has 0 saturated heterocycles. The number of ether oxygens (including phenoxy) is 1. The molecule has 30 heavy (non-hydrogen) atoms. The van der Waals surface area contributed by atoms with Crippen LogP contribution in [0.4, 0.5) is 9.52 Å². The Kier molecular flexibility index (Phi) is 6.21. The monoisotopic (exact) mass is 432 g/mol. The van der Waals surface area contributed by atoms with Crippen LogP contribution in [-0.2, 0) is 11.3 Å². The molecule has 0 aliphatic carbocycles. The number of halogens is 1. The summed E-state index contributed by atoms with van der Waals surface area (Å²) in [5.41, 5.74) is -1.55. The molecule has 0 unspecified atom stereocenters. The number of benzene rings is 1. The van der Waals surface area contributed by atoms with E-state index in [0.29, 0.717) is 5.69 Å². The summed E-state index contributed by atoms with van der Waals surface area (Å²) in [6.07, 6.45) is 0.977. The summed E-state index contributed by atoms with van der Waals surface area (Å²) >= 11 is 0.900. The minimum atomic E-state index is -0.890. The summed E-state index contributed by atoms with van der Waals surface area (Å²) in [7, 11) is 0. The molecule has 2 N–H and O–H groups in total. The van der Waals surface area contributed by atoms with Crippen molar-refractivity contribution in [3.8, 4) is 0 Å². The molecule has 0 aliphatic rings. The summed E-state index contributed by atoms with van der Waals surface area (Å²) in [5.74, 6) is -1.98. The zero-order valence-electron chi connectivity index (χ0n) is 16.0. The van der Waals surface area contributed by atoms with E-state index in [9.17, 15) is 23.6 Å². The van der Waals surface area contributed by atoms with E-state index >= 15 is 0 Å². The Balaban J connectivity index is 1.88. The molecule has 0 radical (unpaired) electrons. The maximum atomic E-state index is 13.9. The van der Waals surface area contributed by atoms with Gasteiger partial charge < -0.3 is 9.72 Å². The van der Waals surface area contributed by atoms with E-state index in [1.807, 2.05) is 0 Å². The Morgan fingerprint density at radius 3 is 2.73 bits per heavy atom. The molecule has 0 atom stereocenters. The number of nitrogens with one attached hydrogen (secondary N) is 2. The number of esters is 1. The molecule has 1 amide bonds. The normalized spacial score (nSPS) is 10.6. The van der Waals surface area contributed by atoms with Crippen molar-refractivity contribution >= 4 is 28.3 Å². The number of aromatic amines is 1. The Hall–Kier alpha value is -3.60. The number of rotatable bonds is 6. The maximum Gasteiger partial charge on any atom is 0.350 e. The van der Waals surface area contributed by atoms with Crippen LogP contribution in [0, 0.1) is 12.7 Å². The van der Waals surface area contributed by atoms with Gasteiger partial charge in [-0.15, -0.1) is 0 Å². The molecular formula is C19H17FN4O5S. The van der Waals surface area contributed by atoms with Gasteiger partial charge in [-0.25, -0.2) is 19.0 Å². The second-order valence-electron chi connectivity index (χ2n) is 6.10. The number of hydrogen-bond donors (Lipinski definition) is 2. The molecule has 2 heterocycles. The molecule has 9 nitrogen and oxygen atoms in total. The smallest absolute Gasteiger partial charge is 0.350 e. The number of amides is 1. The van der Waals surface area contributed by atoms with Gasteiger partial charge in [-0.05, 0) is 19.9 Å². The summed E-state index contributed by atoms with van der Waals surface area (Å²) in [6, 6.07) is 5.69. The van der Waals surface area contributed by atoms with Gasteiger partial charge in [0.1, 0.15) is 16.3 Å². The standard InChI is InChI=1S/C19H17FN4O5S/c1-3-29-17(27)14-10(2)22-18(30-14)23-15(25)12-8-21-19(28)24(16(12)26)9-11-6-4-5-7-13(11)20/h4-8H,3,9H2,1-2H3,(H,21,28)(H,22,23,25). The average Bonchev–Trinajstić information content (AvgIpc) is 3.06. The number of H-pyrrole nitrogens is 1. The second-order valence-corrected chi connectivity index (χ2v) is 7.10. The predicted molar refractivity (Wildman–Crippen MR) is 108 cm³/mol. The third-order valence-electron chi connectivity index (χ3n) is 4.07. The molecule has 1 aromatic carbocycles. The molecule has 0 aliphatic heterocycles. The summed E-state index contributed by atoms with van der Waals surface area (Å²) in [5, 5.41) is 2.52. The molecule has 3 aromatic rings. The number of thiazole rings is 1. The van der Waals surface area contributed by atoms with Gasteiger partial charge >= 0.3 is 11.7 Å². The maximum absolute atomic E-state index is 13.9. The first-order valence-electron chi connectivity index (χ1n) is 8.83. The number of nitrogens with zero attached hydrogens (tertiary/aromatic N) is 2. The van der Waals surface area contributed by atoms with Crippen LogP contribution in [0.1, 0.15) is 38.2 Å². The van der Waals surface area contributed by atoms with Crippen molar-refractivity contribution in [3.05, 3.63) is 78.8 Å². The lowest BCUT2D eigenvalue weighted by Gasteiger charge is -2.08. The molecule has 0 spiro atoms. The molecule has 11 heteroatoms. The van der Waals surface area contributed by atoms with E-state index in [1.165, 1.54) is 18.2 Å². The van der Waals surface area contributed by atoms with E-state index in [1.54, 1.807) is 19.9 Å². The predicted octanol–water partition coefficient (Wildman–Crippen LogP) is 1.92. The van der Waals surface area contributed by atoms with Gasteiger partial charge in [0.05, 0.1) is 18.8 Å². The van der Waals surface area contributed by atoms with Crippen molar-refractivity contribution in [2.24, 2.45) is 0 Å². The highest BCUT2D eigenvalue weighted by Gasteiger charge is 2.20. The van der Waals surface area contributed by atoms with Crippen molar-refractivity contribution in [3.63, 3.8) is 0 Å². The molecule has 0 bridgehead atoms. The van der Waals surface area contributed by atoms with Gasteiger partial charge in [0.2, 0.25) is 0 Å². The quantitative estimate of drug-likeness (QED) is 0.574. The highest BCUT2D eigenvalue weighted by atomic mass is 32.1. The molecule has 156 valence electrons. The van der Waals surface area contributed by atoms with Gasteiger partial charge in [0, 0.05) is 11.8 Å². The summed E-state index contributed by atoms with van der Waals surface area (Å²) in [6.45, 7) is 3.10. The first kappa shape index (κ1) is 21.1. The van der Waals surface area contributed by atoms with Crippen LogP contribution in [-0.4, -0.2) is 33.0 Å². The average molecular weight is 432 g/mol. The number of carbonyl (C=O) groups excluding carboxylic acids is 2. The zero-order valence-corrected chi connectivity index (χ0v) is 16.8. The lowest BCUT2D eigenvalue weighted by molar-refractivity contribution is 0.0531. The highest BCUT2D eigenvalue weighted by molar-refractivity contribution is 7.17. The van der Waals surface area contributed by atoms with E-state index < -0.39 is 28.9 Å². The molecule has 0 fully saturated rings. The Labute approximate surface area is 173 Å². The minimum Gasteiger partial charge on any atom is -0.462 e. The van der Waals surface area contributed by atoms with Crippen LogP contribution < -0.4 is 16.6 Å². The van der Waals surface area contributed by atoms with Gasteiger partial charge in [-0.3, -0.25) is 19.5 Å². The fraction of sp³-hybridized carbons (Fsp3) is 0.211. The number of aryl methyl sites for hydroxylation is 1. The van der Waals surface area contributed by atoms with Crippen molar-refractivity contribution < 1.29 is 18.7 Å². The molecule has 0 saturated carbocycles. The van der Waals surface area contributed by atoms with Crippen LogP contribution in [0.3, 0.4) is 0 Å². The van der Waals surface area contributed by atoms with E-state index in [4.69, 9.17) is 4.74 Å². The zero-order chi connectivity index (χ0) is 21.8. The summed E-state index contributed by atoms with van der Waals surface area (Å²) < 4.78 is 19.5. The molecule has 3 rings (SSSR count). The van der Waals surface area contributed by atoms with Crippen LogP contribution in [0.2, 0.25) is 0 Å². The molecule has 2 aromatic heterocycles. The third kappa shape index (κ3) is 4.35. The second kappa shape index (κ2) is 8.82. The highest BCUT2D eigenvalue weighted by Crippen LogP contribution is 2.23. The van der Waals surface area contributed by atoms with Crippen molar-refractivity contribution in [2.75, 3.05) is 11.9 Å². The van der Waals surface area contributed by atoms with Crippen LogP contribution in [0.15, 0.2) is 40.1 Å². The third-order valence-corrected chi connectivity index (χ3v) is 5.12. The van der Waals surface area contributed by atoms with Crippen molar-refractivity contribution in [1.29, 1.82) is 0 Å². The first-order valence-corrected chi connectivity index (χ1v) is 9.65. The van der Waals surface area contributed by atoms with E-state index in [-0.39, 0.29) is 34.3 Å². The molecular weight excluding hydrogens is 415 g/mol. The van der Waals surface area contributed by atoms with Crippen LogP contribution in [0.25, 0.3) is 0 Å². The lowest BCUT2D eigenvalue weighted by atomic mass is 10.2. The Morgan fingerprint density at radius 1 is 1.30 bits per heavy atom. The number of anilines is 1. The van der Waals surface area contributed by atoms with Crippen molar-refractivity contribution in [1.82, 2.24) is 14.5 Å². The van der Waals surface area contributed by atoms with Crippen molar-refractivity contribution in [2.45, 2.75) is 20.4 Å². The van der Waals surface area contributed by atoms with E-state index in [2.05, 4.69) is 15.3 Å². The van der Waals surface area contributed by atoms with Gasteiger partial charge in [-0.1, -0.05) is 29.5 Å². The van der Waals surface area contributed by atoms with Gasteiger partial charge in [0.25, 0.3) is 11.5 Å². The topological polar surface area (TPSA) is 123 Å². The Bertz CT molecular complexity index is 1230. The minimum absolute atomic E-state index is 0.0896. The number of aromatic nitrogens is 3. The number of carbonyl (C=O) groups is 2. The summed E-state index contributed by atoms with van der Waals surface area (Å²) in [4.78, 5) is 55.8. The Morgan fingerprint density at radius 2 is 2.03 bits per heavy atom. The van der Waals surface area contributed by atoms with Gasteiger partial charge in [0.15, 0.2) is 5.13 Å². The fourth-order valence-corrected chi connectivity index (χ4v) is 3.47. The van der Waals surface area contributed by atoms with E-state index in [0.717, 1.165) is 22.1 Å². The van der Waals surface area contributed by atoms with Gasteiger partial charge in [-0.2, -0.15) is 0 Å².